The minimum absolute atomic E-state index is 0.0992. The van der Waals surface area contributed by atoms with E-state index < -0.39 is 6.10 Å². The van der Waals surface area contributed by atoms with Crippen molar-refractivity contribution in [1.82, 2.24) is 4.90 Å². The highest BCUT2D eigenvalue weighted by Gasteiger charge is 2.28. The van der Waals surface area contributed by atoms with Gasteiger partial charge in [-0.1, -0.05) is 35.3 Å². The van der Waals surface area contributed by atoms with Gasteiger partial charge in [-0.05, 0) is 67.1 Å². The van der Waals surface area contributed by atoms with Crippen molar-refractivity contribution in [3.8, 4) is 5.75 Å². The summed E-state index contributed by atoms with van der Waals surface area (Å²) in [6.45, 7) is 2.54. The van der Waals surface area contributed by atoms with Crippen LogP contribution < -0.4 is 10.1 Å². The Bertz CT molecular complexity index is 1110. The molecule has 0 radical (unpaired) electrons. The first kappa shape index (κ1) is 21.2. The standard InChI is InChI=1S/C24H20Cl2N2O3/c1-15-24(30)28(13-16-2-6-19(25)7-3-16)14-18-12-21(10-11-22(18)31-15)27-23(29)17-4-8-20(26)9-5-17/h2-12,15H,13-14H2,1H3,(H,27,29)/t15-/m0/s1. The van der Waals surface area contributed by atoms with Gasteiger partial charge in [-0.2, -0.15) is 0 Å². The van der Waals surface area contributed by atoms with Crippen molar-refractivity contribution in [2.45, 2.75) is 26.1 Å². The Morgan fingerprint density at radius 1 is 1.03 bits per heavy atom. The van der Waals surface area contributed by atoms with E-state index in [0.29, 0.717) is 40.1 Å². The highest BCUT2D eigenvalue weighted by molar-refractivity contribution is 6.30. The fourth-order valence-corrected chi connectivity index (χ4v) is 3.68. The number of carbonyl (C=O) groups excluding carboxylic acids is 2. The number of fused-ring (bicyclic) bond motifs is 1. The molecule has 1 N–H and O–H groups in total. The molecule has 0 unspecified atom stereocenters. The van der Waals surface area contributed by atoms with E-state index >= 15 is 0 Å². The van der Waals surface area contributed by atoms with Crippen molar-refractivity contribution in [2.75, 3.05) is 5.32 Å². The Morgan fingerprint density at radius 3 is 2.35 bits per heavy atom. The van der Waals surface area contributed by atoms with Crippen LogP contribution in [0.2, 0.25) is 10.0 Å². The highest BCUT2D eigenvalue weighted by atomic mass is 35.5. The first-order valence-corrected chi connectivity index (χ1v) is 10.5. The normalized spacial score (nSPS) is 15.6. The van der Waals surface area contributed by atoms with Crippen LogP contribution in [0.5, 0.6) is 5.75 Å². The minimum atomic E-state index is -0.608. The number of benzene rings is 3. The van der Waals surface area contributed by atoms with Gasteiger partial charge in [-0.3, -0.25) is 9.59 Å². The summed E-state index contributed by atoms with van der Waals surface area (Å²) in [5.41, 5.74) is 2.92. The van der Waals surface area contributed by atoms with Gasteiger partial charge in [-0.15, -0.1) is 0 Å². The SMILES string of the molecule is C[C@@H]1Oc2ccc(NC(=O)c3ccc(Cl)cc3)cc2CN(Cc2ccc(Cl)cc2)C1=O. The molecule has 1 atom stereocenters. The lowest BCUT2D eigenvalue weighted by Crippen LogP contribution is -2.37. The van der Waals surface area contributed by atoms with E-state index in [1.165, 1.54) is 0 Å². The third-order valence-corrected chi connectivity index (χ3v) is 5.54. The Morgan fingerprint density at radius 2 is 1.68 bits per heavy atom. The molecule has 0 fully saturated rings. The van der Waals surface area contributed by atoms with Crippen LogP contribution in [0.15, 0.2) is 66.7 Å². The molecule has 0 saturated heterocycles. The van der Waals surface area contributed by atoms with Crippen LogP contribution in [0.4, 0.5) is 5.69 Å². The van der Waals surface area contributed by atoms with Gasteiger partial charge in [0.2, 0.25) is 0 Å². The molecule has 31 heavy (non-hydrogen) atoms. The summed E-state index contributed by atoms with van der Waals surface area (Å²) >= 11 is 11.9. The molecule has 7 heteroatoms. The van der Waals surface area contributed by atoms with Gasteiger partial charge in [0, 0.05) is 39.9 Å². The van der Waals surface area contributed by atoms with E-state index in [-0.39, 0.29) is 11.8 Å². The molecule has 1 aliphatic rings. The average molecular weight is 455 g/mol. The summed E-state index contributed by atoms with van der Waals surface area (Å²) in [5, 5.41) is 4.10. The third kappa shape index (κ3) is 5.01. The van der Waals surface area contributed by atoms with Crippen LogP contribution in [-0.2, 0) is 17.9 Å². The van der Waals surface area contributed by atoms with Gasteiger partial charge >= 0.3 is 0 Å². The quantitative estimate of drug-likeness (QED) is 0.561. The van der Waals surface area contributed by atoms with E-state index in [4.69, 9.17) is 27.9 Å². The zero-order valence-electron chi connectivity index (χ0n) is 16.8. The van der Waals surface area contributed by atoms with Crippen molar-refractivity contribution in [3.63, 3.8) is 0 Å². The summed E-state index contributed by atoms with van der Waals surface area (Å²) in [5.74, 6) is 0.287. The number of hydrogen-bond acceptors (Lipinski definition) is 3. The number of carbonyl (C=O) groups is 2. The van der Waals surface area contributed by atoms with Crippen molar-refractivity contribution >= 4 is 40.7 Å². The van der Waals surface area contributed by atoms with Gasteiger partial charge in [0.25, 0.3) is 11.8 Å². The Hall–Kier alpha value is -3.02. The van der Waals surface area contributed by atoms with Gasteiger partial charge in [-0.25, -0.2) is 0 Å². The second kappa shape index (κ2) is 9.00. The van der Waals surface area contributed by atoms with Gasteiger partial charge in [0.05, 0.1) is 0 Å². The molecule has 3 aromatic rings. The second-order valence-corrected chi connectivity index (χ2v) is 8.24. The molecule has 1 aliphatic heterocycles. The molecule has 3 aromatic carbocycles. The van der Waals surface area contributed by atoms with Gasteiger partial charge in [0.1, 0.15) is 5.75 Å². The molecular weight excluding hydrogens is 435 g/mol. The van der Waals surface area contributed by atoms with Crippen molar-refractivity contribution < 1.29 is 14.3 Å². The molecule has 0 bridgehead atoms. The molecule has 2 amide bonds. The van der Waals surface area contributed by atoms with Gasteiger partial charge in [0.15, 0.2) is 6.10 Å². The number of anilines is 1. The smallest absolute Gasteiger partial charge is 0.263 e. The van der Waals surface area contributed by atoms with Gasteiger partial charge < -0.3 is 15.0 Å². The topological polar surface area (TPSA) is 58.6 Å². The predicted molar refractivity (Wildman–Crippen MR) is 122 cm³/mol. The van der Waals surface area contributed by atoms with Crippen LogP contribution in [0.1, 0.15) is 28.4 Å². The number of halogens is 2. The van der Waals surface area contributed by atoms with Crippen LogP contribution >= 0.6 is 23.2 Å². The summed E-state index contributed by atoms with van der Waals surface area (Å²) in [4.78, 5) is 27.1. The van der Waals surface area contributed by atoms with E-state index in [1.807, 2.05) is 18.2 Å². The first-order chi connectivity index (χ1) is 14.9. The van der Waals surface area contributed by atoms with Crippen molar-refractivity contribution in [3.05, 3.63) is 93.5 Å². The number of nitrogens with zero attached hydrogens (tertiary/aromatic N) is 1. The number of nitrogens with one attached hydrogen (secondary N) is 1. The Labute approximate surface area is 190 Å². The molecule has 158 valence electrons. The largest absolute Gasteiger partial charge is 0.481 e. The molecule has 4 rings (SSSR count). The first-order valence-electron chi connectivity index (χ1n) is 9.79. The Balaban J connectivity index is 1.55. The lowest BCUT2D eigenvalue weighted by atomic mass is 10.1. The van der Waals surface area contributed by atoms with Crippen molar-refractivity contribution in [2.24, 2.45) is 0 Å². The van der Waals surface area contributed by atoms with Crippen LogP contribution in [0.3, 0.4) is 0 Å². The summed E-state index contributed by atoms with van der Waals surface area (Å²) in [6.07, 6.45) is -0.608. The van der Waals surface area contributed by atoms with E-state index in [0.717, 1.165) is 11.1 Å². The molecule has 0 saturated carbocycles. The zero-order chi connectivity index (χ0) is 22.0. The molecule has 0 spiro atoms. The lowest BCUT2D eigenvalue weighted by molar-refractivity contribution is -0.138. The monoisotopic (exact) mass is 454 g/mol. The fourth-order valence-electron chi connectivity index (χ4n) is 3.43. The van der Waals surface area contributed by atoms with Crippen LogP contribution in [0.25, 0.3) is 0 Å². The number of hydrogen-bond donors (Lipinski definition) is 1. The van der Waals surface area contributed by atoms with E-state index in [9.17, 15) is 9.59 Å². The average Bonchev–Trinajstić information content (AvgIpc) is 2.87. The maximum absolute atomic E-state index is 12.9. The van der Waals surface area contributed by atoms with Crippen molar-refractivity contribution in [1.29, 1.82) is 0 Å². The highest BCUT2D eigenvalue weighted by Crippen LogP contribution is 2.29. The maximum Gasteiger partial charge on any atom is 0.263 e. The molecule has 0 aliphatic carbocycles. The molecule has 5 nitrogen and oxygen atoms in total. The van der Waals surface area contributed by atoms with Crippen LogP contribution in [0, 0.1) is 0 Å². The maximum atomic E-state index is 12.9. The molecular formula is C24H20Cl2N2O3. The fraction of sp³-hybridized carbons (Fsp3) is 0.167. The van der Waals surface area contributed by atoms with E-state index in [2.05, 4.69) is 5.32 Å². The predicted octanol–water partition coefficient (Wildman–Crippen LogP) is 5.56. The lowest BCUT2D eigenvalue weighted by Gasteiger charge is -2.22. The summed E-state index contributed by atoms with van der Waals surface area (Å²) in [6, 6.07) is 19.5. The van der Waals surface area contributed by atoms with E-state index in [1.54, 1.807) is 60.4 Å². The summed E-state index contributed by atoms with van der Waals surface area (Å²) in [7, 11) is 0. The number of rotatable bonds is 4. The van der Waals surface area contributed by atoms with Crippen LogP contribution in [-0.4, -0.2) is 22.8 Å². The third-order valence-electron chi connectivity index (χ3n) is 5.04. The molecule has 0 aromatic heterocycles. The minimum Gasteiger partial charge on any atom is -0.481 e. The zero-order valence-corrected chi connectivity index (χ0v) is 18.3. The second-order valence-electron chi connectivity index (χ2n) is 7.36. The Kier molecular flexibility index (Phi) is 6.16. The molecule has 1 heterocycles. The number of ether oxygens (including phenoxy) is 1. The summed E-state index contributed by atoms with van der Waals surface area (Å²) < 4.78 is 5.87. The number of amides is 2.